The van der Waals surface area contributed by atoms with Gasteiger partial charge in [-0.05, 0) is 19.3 Å². The van der Waals surface area contributed by atoms with Crippen LogP contribution in [-0.4, -0.2) is 30.8 Å². The van der Waals surface area contributed by atoms with Crippen molar-refractivity contribution < 1.29 is 13.5 Å². The van der Waals surface area contributed by atoms with Crippen LogP contribution in [0.3, 0.4) is 0 Å². The molecule has 2 N–H and O–H groups in total. The van der Waals surface area contributed by atoms with Gasteiger partial charge in [0.25, 0.3) is 0 Å². The number of anilines is 2. The zero-order valence-corrected chi connectivity index (χ0v) is 13.2. The van der Waals surface area contributed by atoms with Crippen molar-refractivity contribution in [3.63, 3.8) is 0 Å². The first-order chi connectivity index (χ1) is 9.99. The molecular weight excluding hydrogens is 276 g/mol. The van der Waals surface area contributed by atoms with Gasteiger partial charge >= 0.3 is 0 Å². The average molecular weight is 301 g/mol. The Balaban J connectivity index is 2.89. The lowest BCUT2D eigenvalue weighted by molar-refractivity contribution is 0.126. The molecule has 0 aliphatic heterocycles. The smallest absolute Gasteiger partial charge is 0.168 e. The first-order valence-electron chi connectivity index (χ1n) is 7.43. The summed E-state index contributed by atoms with van der Waals surface area (Å²) in [6.45, 7) is 9.51. The van der Waals surface area contributed by atoms with Gasteiger partial charge in [0.1, 0.15) is 0 Å². The molecule has 1 atom stereocenters. The third-order valence-electron chi connectivity index (χ3n) is 3.10. The van der Waals surface area contributed by atoms with E-state index in [4.69, 9.17) is 4.74 Å². The van der Waals surface area contributed by atoms with E-state index in [0.717, 1.165) is 12.5 Å². The van der Waals surface area contributed by atoms with Crippen LogP contribution in [0.15, 0.2) is 6.07 Å². The molecular formula is C15H25F2N3O. The summed E-state index contributed by atoms with van der Waals surface area (Å²) in [5.41, 5.74) is 0. The van der Waals surface area contributed by atoms with Gasteiger partial charge in [0.2, 0.25) is 0 Å². The Kier molecular flexibility index (Phi) is 7.36. The van der Waals surface area contributed by atoms with Gasteiger partial charge < -0.3 is 15.4 Å². The van der Waals surface area contributed by atoms with Crippen LogP contribution in [0.25, 0.3) is 0 Å². The lowest BCUT2D eigenvalue weighted by Gasteiger charge is -2.23. The van der Waals surface area contributed by atoms with Crippen molar-refractivity contribution in [2.75, 3.05) is 30.4 Å². The van der Waals surface area contributed by atoms with E-state index in [2.05, 4.69) is 15.6 Å². The van der Waals surface area contributed by atoms with Crippen molar-refractivity contribution in [3.05, 3.63) is 17.7 Å². The number of nitrogens with zero attached hydrogens (tertiary/aromatic N) is 1. The standard InChI is InChI=1S/C15H25F2N3O/c1-5-7-18-14-11(16)8-12(17)15(20-14)19-13(10(3)4)9-21-6-2/h8,10,13H,5-7,9H2,1-4H3,(H2,18,19,20). The fourth-order valence-electron chi connectivity index (χ4n) is 1.76. The predicted octanol–water partition coefficient (Wildman–Crippen LogP) is 3.65. The van der Waals surface area contributed by atoms with Crippen LogP contribution in [-0.2, 0) is 4.74 Å². The number of ether oxygens (including phenoxy) is 1. The van der Waals surface area contributed by atoms with E-state index in [-0.39, 0.29) is 23.6 Å². The Morgan fingerprint density at radius 2 is 1.86 bits per heavy atom. The highest BCUT2D eigenvalue weighted by Gasteiger charge is 2.18. The van der Waals surface area contributed by atoms with Crippen LogP contribution in [0.2, 0.25) is 0 Å². The molecule has 0 saturated heterocycles. The summed E-state index contributed by atoms with van der Waals surface area (Å²) in [7, 11) is 0. The summed E-state index contributed by atoms with van der Waals surface area (Å²) < 4.78 is 32.9. The molecule has 0 aromatic carbocycles. The molecule has 0 aliphatic carbocycles. The van der Waals surface area contributed by atoms with Crippen LogP contribution in [0.1, 0.15) is 34.1 Å². The second kappa shape index (κ2) is 8.77. The molecule has 1 aromatic heterocycles. The molecule has 0 spiro atoms. The molecule has 0 aliphatic rings. The number of nitrogens with one attached hydrogen (secondary N) is 2. The van der Waals surface area contributed by atoms with Gasteiger partial charge in [0.05, 0.1) is 12.6 Å². The molecule has 0 amide bonds. The van der Waals surface area contributed by atoms with Gasteiger partial charge in [-0.25, -0.2) is 13.8 Å². The molecule has 0 radical (unpaired) electrons. The second-order valence-corrected chi connectivity index (χ2v) is 5.23. The third kappa shape index (κ3) is 5.46. The van der Waals surface area contributed by atoms with Crippen molar-refractivity contribution in [1.29, 1.82) is 0 Å². The average Bonchev–Trinajstić information content (AvgIpc) is 2.44. The fourth-order valence-corrected chi connectivity index (χ4v) is 1.76. The number of halogens is 2. The van der Waals surface area contributed by atoms with E-state index >= 15 is 0 Å². The number of aromatic nitrogens is 1. The highest BCUT2D eigenvalue weighted by Crippen LogP contribution is 2.21. The molecule has 1 aromatic rings. The topological polar surface area (TPSA) is 46.2 Å². The lowest BCUT2D eigenvalue weighted by Crippen LogP contribution is -2.32. The Labute approximate surface area is 125 Å². The highest BCUT2D eigenvalue weighted by molar-refractivity contribution is 5.48. The minimum Gasteiger partial charge on any atom is -0.380 e. The van der Waals surface area contributed by atoms with Crippen LogP contribution in [0.5, 0.6) is 0 Å². The van der Waals surface area contributed by atoms with E-state index in [1.165, 1.54) is 0 Å². The number of hydrogen-bond acceptors (Lipinski definition) is 4. The molecule has 6 heteroatoms. The quantitative estimate of drug-likeness (QED) is 0.731. The molecule has 21 heavy (non-hydrogen) atoms. The van der Waals surface area contributed by atoms with Crippen LogP contribution in [0.4, 0.5) is 20.4 Å². The Bertz CT molecular complexity index is 441. The molecule has 0 fully saturated rings. The summed E-state index contributed by atoms with van der Waals surface area (Å²) in [6.07, 6.45) is 0.834. The molecule has 1 unspecified atom stereocenters. The number of rotatable bonds is 9. The van der Waals surface area contributed by atoms with Crippen molar-refractivity contribution in [2.24, 2.45) is 5.92 Å². The van der Waals surface area contributed by atoms with Gasteiger partial charge in [-0.15, -0.1) is 0 Å². The van der Waals surface area contributed by atoms with E-state index in [9.17, 15) is 8.78 Å². The normalized spacial score (nSPS) is 12.5. The summed E-state index contributed by atoms with van der Waals surface area (Å²) in [5.74, 6) is -1.03. The van der Waals surface area contributed by atoms with E-state index in [1.54, 1.807) is 0 Å². The Morgan fingerprint density at radius 1 is 1.19 bits per heavy atom. The van der Waals surface area contributed by atoms with E-state index < -0.39 is 11.6 Å². The predicted molar refractivity (Wildman–Crippen MR) is 81.7 cm³/mol. The maximum absolute atomic E-state index is 13.9. The summed E-state index contributed by atoms with van der Waals surface area (Å²) in [4.78, 5) is 4.01. The van der Waals surface area contributed by atoms with Gasteiger partial charge in [-0.3, -0.25) is 0 Å². The first kappa shape index (κ1) is 17.6. The Morgan fingerprint density at radius 3 is 2.43 bits per heavy atom. The molecule has 0 bridgehead atoms. The zero-order valence-electron chi connectivity index (χ0n) is 13.2. The molecule has 4 nitrogen and oxygen atoms in total. The van der Waals surface area contributed by atoms with E-state index in [0.29, 0.717) is 19.8 Å². The summed E-state index contributed by atoms with van der Waals surface area (Å²) >= 11 is 0. The van der Waals surface area contributed by atoms with Crippen LogP contribution >= 0.6 is 0 Å². The van der Waals surface area contributed by atoms with Gasteiger partial charge in [-0.1, -0.05) is 20.8 Å². The maximum Gasteiger partial charge on any atom is 0.168 e. The molecule has 0 saturated carbocycles. The maximum atomic E-state index is 13.9. The van der Waals surface area contributed by atoms with Crippen molar-refractivity contribution in [2.45, 2.75) is 40.2 Å². The zero-order chi connectivity index (χ0) is 15.8. The van der Waals surface area contributed by atoms with Crippen LogP contribution < -0.4 is 10.6 Å². The monoisotopic (exact) mass is 301 g/mol. The van der Waals surface area contributed by atoms with Crippen molar-refractivity contribution in [1.82, 2.24) is 4.98 Å². The van der Waals surface area contributed by atoms with Crippen molar-refractivity contribution in [3.8, 4) is 0 Å². The van der Waals surface area contributed by atoms with Gasteiger partial charge in [-0.2, -0.15) is 0 Å². The summed E-state index contributed by atoms with van der Waals surface area (Å²) in [5, 5.41) is 5.86. The first-order valence-corrected chi connectivity index (χ1v) is 7.43. The minimum atomic E-state index is -0.698. The van der Waals surface area contributed by atoms with Gasteiger partial charge in [0, 0.05) is 19.2 Å². The number of hydrogen-bond donors (Lipinski definition) is 2. The molecule has 1 rings (SSSR count). The molecule has 120 valence electrons. The largest absolute Gasteiger partial charge is 0.380 e. The third-order valence-corrected chi connectivity index (χ3v) is 3.10. The Hall–Kier alpha value is -1.43. The van der Waals surface area contributed by atoms with E-state index in [1.807, 2.05) is 27.7 Å². The number of pyridine rings is 1. The van der Waals surface area contributed by atoms with Crippen molar-refractivity contribution >= 4 is 11.6 Å². The SMILES string of the molecule is CCCNc1nc(NC(COCC)C(C)C)c(F)cc1F. The van der Waals surface area contributed by atoms with Gasteiger partial charge in [0.15, 0.2) is 23.3 Å². The minimum absolute atomic E-state index is 0.0495. The lowest BCUT2D eigenvalue weighted by atomic mass is 10.1. The highest BCUT2D eigenvalue weighted by atomic mass is 19.1. The summed E-state index contributed by atoms with van der Waals surface area (Å²) in [6, 6.07) is 0.766. The fraction of sp³-hybridized carbons (Fsp3) is 0.667. The molecule has 1 heterocycles. The van der Waals surface area contributed by atoms with Crippen LogP contribution in [0, 0.1) is 17.6 Å². The second-order valence-electron chi connectivity index (χ2n) is 5.23.